The van der Waals surface area contributed by atoms with Crippen molar-refractivity contribution in [2.45, 2.75) is 30.2 Å². The fourth-order valence-electron chi connectivity index (χ4n) is 2.78. The van der Waals surface area contributed by atoms with Crippen molar-refractivity contribution in [3.63, 3.8) is 0 Å². The lowest BCUT2D eigenvalue weighted by Gasteiger charge is -2.23. The number of nitro groups is 1. The minimum Gasteiger partial charge on any atom is -0.355 e. The molecule has 0 radical (unpaired) electrons. The summed E-state index contributed by atoms with van der Waals surface area (Å²) in [7, 11) is -2.16. The number of nitrogens with one attached hydrogen (secondary N) is 2. The lowest BCUT2D eigenvalue weighted by molar-refractivity contribution is -0.385. The van der Waals surface area contributed by atoms with Gasteiger partial charge in [0, 0.05) is 25.2 Å². The Kier molecular flexibility index (Phi) is 8.41. The molecule has 11 heteroatoms. The molecule has 0 saturated carbocycles. The number of benzene rings is 1. The second-order valence-corrected chi connectivity index (χ2v) is 7.67. The maximum absolute atomic E-state index is 12.8. The minimum atomic E-state index is -3.97. The van der Waals surface area contributed by atoms with Crippen LogP contribution in [0.2, 0.25) is 0 Å². The largest absolute Gasteiger partial charge is 0.355 e. The van der Waals surface area contributed by atoms with Gasteiger partial charge in [0.1, 0.15) is 6.04 Å². The second kappa shape index (κ2) is 9.81. The van der Waals surface area contributed by atoms with Gasteiger partial charge in [0.05, 0.1) is 9.82 Å². The summed E-state index contributed by atoms with van der Waals surface area (Å²) in [6.45, 7) is 1.43. The van der Waals surface area contributed by atoms with Crippen molar-refractivity contribution < 1.29 is 18.1 Å². The van der Waals surface area contributed by atoms with Crippen molar-refractivity contribution in [2.24, 2.45) is 0 Å². The van der Waals surface area contributed by atoms with E-state index in [-0.39, 0.29) is 35.4 Å². The molecule has 2 N–H and O–H groups in total. The van der Waals surface area contributed by atoms with Gasteiger partial charge in [-0.2, -0.15) is 4.31 Å². The molecule has 146 valence electrons. The van der Waals surface area contributed by atoms with E-state index in [1.807, 2.05) is 7.05 Å². The molecule has 26 heavy (non-hydrogen) atoms. The third-order valence-corrected chi connectivity index (χ3v) is 5.95. The summed E-state index contributed by atoms with van der Waals surface area (Å²) in [6, 6.07) is 4.11. The first-order chi connectivity index (χ1) is 11.9. The smallest absolute Gasteiger partial charge is 0.270 e. The van der Waals surface area contributed by atoms with Crippen molar-refractivity contribution in [3.8, 4) is 0 Å². The highest BCUT2D eigenvalue weighted by atomic mass is 35.5. The first-order valence-corrected chi connectivity index (χ1v) is 9.50. The Morgan fingerprint density at radius 1 is 1.38 bits per heavy atom. The van der Waals surface area contributed by atoms with Crippen LogP contribution < -0.4 is 10.6 Å². The quantitative estimate of drug-likeness (QED) is 0.375. The van der Waals surface area contributed by atoms with Gasteiger partial charge in [-0.3, -0.25) is 14.9 Å². The van der Waals surface area contributed by atoms with E-state index in [0.29, 0.717) is 19.4 Å². The highest BCUT2D eigenvalue weighted by molar-refractivity contribution is 7.89. The first-order valence-electron chi connectivity index (χ1n) is 8.06. The zero-order valence-electron chi connectivity index (χ0n) is 14.4. The number of carbonyl (C=O) groups is 1. The maximum Gasteiger partial charge on any atom is 0.270 e. The number of amides is 1. The number of hydrogen-bond acceptors (Lipinski definition) is 6. The lowest BCUT2D eigenvalue weighted by Crippen LogP contribution is -2.46. The molecule has 1 unspecified atom stereocenters. The van der Waals surface area contributed by atoms with E-state index < -0.39 is 21.0 Å². The fraction of sp³-hybridized carbons (Fsp3) is 0.533. The SMILES string of the molecule is CNCCCNC(=O)C1CCCN1S(=O)(=O)c1cccc([N+](=O)[O-])c1.Cl. The summed E-state index contributed by atoms with van der Waals surface area (Å²) < 4.78 is 26.8. The summed E-state index contributed by atoms with van der Waals surface area (Å²) in [4.78, 5) is 22.4. The number of nitrogens with zero attached hydrogens (tertiary/aromatic N) is 2. The molecular weight excluding hydrogens is 384 g/mol. The molecule has 1 aromatic rings. The fourth-order valence-corrected chi connectivity index (χ4v) is 4.47. The van der Waals surface area contributed by atoms with Crippen LogP contribution in [0.15, 0.2) is 29.2 Å². The molecule has 0 aromatic heterocycles. The van der Waals surface area contributed by atoms with Crippen LogP contribution in [0.4, 0.5) is 5.69 Å². The van der Waals surface area contributed by atoms with Gasteiger partial charge in [-0.05, 0) is 38.9 Å². The first kappa shape index (κ1) is 22.3. The molecule has 1 heterocycles. The molecule has 0 bridgehead atoms. The van der Waals surface area contributed by atoms with Gasteiger partial charge in [0.2, 0.25) is 15.9 Å². The highest BCUT2D eigenvalue weighted by Gasteiger charge is 2.39. The van der Waals surface area contributed by atoms with E-state index in [9.17, 15) is 23.3 Å². The molecule has 1 aliphatic rings. The topological polar surface area (TPSA) is 122 Å². The van der Waals surface area contributed by atoms with Crippen LogP contribution in [-0.2, 0) is 14.8 Å². The van der Waals surface area contributed by atoms with Gasteiger partial charge >= 0.3 is 0 Å². The normalized spacial score (nSPS) is 17.5. The van der Waals surface area contributed by atoms with Crippen molar-refractivity contribution >= 4 is 34.0 Å². The van der Waals surface area contributed by atoms with Crippen molar-refractivity contribution in [2.75, 3.05) is 26.7 Å². The molecular formula is C15H23ClN4O5S. The van der Waals surface area contributed by atoms with E-state index in [2.05, 4.69) is 10.6 Å². The van der Waals surface area contributed by atoms with Crippen LogP contribution in [0.25, 0.3) is 0 Å². The number of halogens is 1. The van der Waals surface area contributed by atoms with Crippen LogP contribution >= 0.6 is 12.4 Å². The van der Waals surface area contributed by atoms with Crippen LogP contribution in [0, 0.1) is 10.1 Å². The van der Waals surface area contributed by atoms with Crippen molar-refractivity contribution in [1.29, 1.82) is 0 Å². The van der Waals surface area contributed by atoms with Gasteiger partial charge in [0.25, 0.3) is 5.69 Å². The number of rotatable bonds is 8. The summed E-state index contributed by atoms with van der Waals surface area (Å²) in [6.07, 6.45) is 1.75. The maximum atomic E-state index is 12.8. The van der Waals surface area contributed by atoms with Crippen LogP contribution in [-0.4, -0.2) is 56.3 Å². The number of sulfonamides is 1. The third-order valence-electron chi connectivity index (χ3n) is 4.04. The Balaban J connectivity index is 0.00000338. The Morgan fingerprint density at radius 2 is 2.12 bits per heavy atom. The molecule has 0 spiro atoms. The predicted octanol–water partition coefficient (Wildman–Crippen LogP) is 0.895. The lowest BCUT2D eigenvalue weighted by atomic mass is 10.2. The average Bonchev–Trinajstić information content (AvgIpc) is 3.09. The predicted molar refractivity (Wildman–Crippen MR) is 98.8 cm³/mol. The van der Waals surface area contributed by atoms with E-state index in [4.69, 9.17) is 0 Å². The number of carbonyl (C=O) groups excluding carboxylic acids is 1. The highest BCUT2D eigenvalue weighted by Crippen LogP contribution is 2.28. The van der Waals surface area contributed by atoms with Crippen LogP contribution in [0.1, 0.15) is 19.3 Å². The van der Waals surface area contributed by atoms with E-state index in [1.165, 1.54) is 18.2 Å². The molecule has 1 amide bonds. The van der Waals surface area contributed by atoms with E-state index >= 15 is 0 Å². The van der Waals surface area contributed by atoms with Gasteiger partial charge in [-0.1, -0.05) is 6.07 Å². The molecule has 9 nitrogen and oxygen atoms in total. The molecule has 1 saturated heterocycles. The number of nitro benzene ring substituents is 1. The summed E-state index contributed by atoms with van der Waals surface area (Å²) >= 11 is 0. The summed E-state index contributed by atoms with van der Waals surface area (Å²) in [5, 5.41) is 16.6. The third kappa shape index (κ3) is 5.13. The molecule has 1 aromatic carbocycles. The van der Waals surface area contributed by atoms with Gasteiger partial charge in [0.15, 0.2) is 0 Å². The molecule has 1 atom stereocenters. The molecule has 0 aliphatic carbocycles. The summed E-state index contributed by atoms with van der Waals surface area (Å²) in [5.41, 5.74) is -0.298. The zero-order chi connectivity index (χ0) is 18.4. The van der Waals surface area contributed by atoms with E-state index in [0.717, 1.165) is 23.3 Å². The van der Waals surface area contributed by atoms with Gasteiger partial charge in [-0.15, -0.1) is 12.4 Å². The molecule has 1 fully saturated rings. The Labute approximate surface area is 158 Å². The van der Waals surface area contributed by atoms with Crippen molar-refractivity contribution in [1.82, 2.24) is 14.9 Å². The second-order valence-electron chi connectivity index (χ2n) is 5.78. The Morgan fingerprint density at radius 3 is 2.77 bits per heavy atom. The molecule has 1 aliphatic heterocycles. The molecule has 2 rings (SSSR count). The van der Waals surface area contributed by atoms with E-state index in [1.54, 1.807) is 0 Å². The monoisotopic (exact) mass is 406 g/mol. The van der Waals surface area contributed by atoms with Gasteiger partial charge < -0.3 is 10.6 Å². The number of hydrogen-bond donors (Lipinski definition) is 2. The van der Waals surface area contributed by atoms with Crippen LogP contribution in [0.5, 0.6) is 0 Å². The standard InChI is InChI=1S/C15H22N4O5S.ClH/c1-16-8-4-9-17-15(20)14-7-3-10-18(14)25(23,24)13-6-2-5-12(11-13)19(21)22;/h2,5-6,11,14,16H,3-4,7-10H2,1H3,(H,17,20);1H. The summed E-state index contributed by atoms with van der Waals surface area (Å²) in [5.74, 6) is -0.331. The Bertz CT molecular complexity index is 743. The number of non-ortho nitro benzene ring substituents is 1. The van der Waals surface area contributed by atoms with Crippen molar-refractivity contribution in [3.05, 3.63) is 34.4 Å². The Hall–Kier alpha value is -1.75. The van der Waals surface area contributed by atoms with Crippen LogP contribution in [0.3, 0.4) is 0 Å². The van der Waals surface area contributed by atoms with Gasteiger partial charge in [-0.25, -0.2) is 8.42 Å². The average molecular weight is 407 g/mol. The minimum absolute atomic E-state index is 0. The zero-order valence-corrected chi connectivity index (χ0v) is 16.0.